The first-order valence-electron chi connectivity index (χ1n) is 11.1. The average molecular weight is 518 g/mol. The Kier molecular flexibility index (Phi) is 7.19. The fourth-order valence-corrected chi connectivity index (χ4v) is 5.11. The third-order valence-corrected chi connectivity index (χ3v) is 7.47. The van der Waals surface area contributed by atoms with E-state index < -0.39 is 16.0 Å². The number of ether oxygens (including phenoxy) is 1. The van der Waals surface area contributed by atoms with Gasteiger partial charge in [-0.1, -0.05) is 23.5 Å². The van der Waals surface area contributed by atoms with E-state index in [0.717, 1.165) is 36.5 Å². The molecule has 2 aromatic heterocycles. The van der Waals surface area contributed by atoms with Crippen molar-refractivity contribution in [1.82, 2.24) is 15.0 Å². The summed E-state index contributed by atoms with van der Waals surface area (Å²) in [6.45, 7) is 7.95. The van der Waals surface area contributed by atoms with Crippen LogP contribution in [0, 0.1) is 6.92 Å². The molecule has 0 fully saturated rings. The number of fused-ring (bicyclic) bond motifs is 1. The lowest BCUT2D eigenvalue weighted by Gasteiger charge is -2.17. The Balaban J connectivity index is 1.58. The van der Waals surface area contributed by atoms with Crippen molar-refractivity contribution >= 4 is 50.0 Å². The summed E-state index contributed by atoms with van der Waals surface area (Å²) in [5.74, 6) is 1.48. The minimum atomic E-state index is -3.74. The van der Waals surface area contributed by atoms with Gasteiger partial charge in [-0.3, -0.25) is 5.32 Å². The van der Waals surface area contributed by atoms with Gasteiger partial charge in [0.2, 0.25) is 16.0 Å². The van der Waals surface area contributed by atoms with E-state index in [-0.39, 0.29) is 4.90 Å². The van der Waals surface area contributed by atoms with Crippen LogP contribution in [0.25, 0.3) is 0 Å². The number of anilines is 4. The van der Waals surface area contributed by atoms with Crippen LogP contribution >= 0.6 is 11.3 Å². The molecular weight excluding hydrogens is 490 g/mol. The van der Waals surface area contributed by atoms with Gasteiger partial charge in [0.15, 0.2) is 5.13 Å². The van der Waals surface area contributed by atoms with Crippen molar-refractivity contribution < 1.29 is 17.9 Å². The smallest absolute Gasteiger partial charge is 0.350 e. The average Bonchev–Trinajstić information content (AvgIpc) is 3.40. The maximum absolute atomic E-state index is 12.1. The molecule has 0 saturated carbocycles. The molecule has 13 heteroatoms. The number of rotatable bonds is 9. The molecule has 0 unspecified atom stereocenters. The zero-order valence-electron chi connectivity index (χ0n) is 19.7. The Bertz CT molecular complexity index is 1340. The molecule has 0 atom stereocenters. The number of aryl methyl sites for hydroxylation is 1. The van der Waals surface area contributed by atoms with E-state index in [1.54, 1.807) is 26.0 Å². The predicted molar refractivity (Wildman–Crippen MR) is 135 cm³/mol. The number of esters is 1. The molecule has 0 radical (unpaired) electrons. The topological polar surface area (TPSA) is 152 Å². The molecule has 1 aliphatic rings. The van der Waals surface area contributed by atoms with Gasteiger partial charge in [0.1, 0.15) is 16.5 Å². The Morgan fingerprint density at radius 2 is 1.94 bits per heavy atom. The molecule has 0 amide bonds. The summed E-state index contributed by atoms with van der Waals surface area (Å²) in [6, 6.07) is 6.38. The molecule has 3 heterocycles. The largest absolute Gasteiger partial charge is 0.462 e. The summed E-state index contributed by atoms with van der Waals surface area (Å²) in [7, 11) is -3.74. The van der Waals surface area contributed by atoms with E-state index >= 15 is 0 Å². The number of primary sulfonamides is 1. The Hall–Kier alpha value is -3.29. The number of sulfonamides is 1. The molecule has 0 saturated heterocycles. The summed E-state index contributed by atoms with van der Waals surface area (Å²) < 4.78 is 28.1. The van der Waals surface area contributed by atoms with Gasteiger partial charge < -0.3 is 15.0 Å². The van der Waals surface area contributed by atoms with Gasteiger partial charge in [-0.15, -0.1) is 0 Å². The zero-order chi connectivity index (χ0) is 25.2. The first-order valence-corrected chi connectivity index (χ1v) is 13.5. The lowest BCUT2D eigenvalue weighted by Crippen LogP contribution is -2.20. The van der Waals surface area contributed by atoms with Crippen molar-refractivity contribution in [3.8, 4) is 0 Å². The van der Waals surface area contributed by atoms with Crippen molar-refractivity contribution in [1.29, 1.82) is 0 Å². The summed E-state index contributed by atoms with van der Waals surface area (Å²) in [5, 5.41) is 12.2. The van der Waals surface area contributed by atoms with Gasteiger partial charge in [0.05, 0.1) is 17.2 Å². The SMILES string of the molecule is CCOC(=O)c1sc(Nc2nc(NCc3ccc(S(N)(=O)=O)cc3)c3c(n2)N(CC)CC3)nc1C. The summed E-state index contributed by atoms with van der Waals surface area (Å²) >= 11 is 1.19. The maximum Gasteiger partial charge on any atom is 0.350 e. The number of nitrogens with zero attached hydrogens (tertiary/aromatic N) is 4. The van der Waals surface area contributed by atoms with Crippen molar-refractivity contribution in [2.24, 2.45) is 5.14 Å². The van der Waals surface area contributed by atoms with E-state index in [9.17, 15) is 13.2 Å². The Morgan fingerprint density at radius 1 is 1.20 bits per heavy atom. The van der Waals surface area contributed by atoms with E-state index in [0.29, 0.717) is 40.6 Å². The molecule has 35 heavy (non-hydrogen) atoms. The van der Waals surface area contributed by atoms with Gasteiger partial charge in [-0.05, 0) is 44.9 Å². The first-order chi connectivity index (χ1) is 16.7. The predicted octanol–water partition coefficient (Wildman–Crippen LogP) is 2.80. The number of thiazole rings is 1. The molecule has 186 valence electrons. The molecule has 0 bridgehead atoms. The van der Waals surface area contributed by atoms with Crippen LogP contribution in [0.3, 0.4) is 0 Å². The van der Waals surface area contributed by atoms with Gasteiger partial charge in [-0.2, -0.15) is 9.97 Å². The van der Waals surface area contributed by atoms with Gasteiger partial charge in [0.25, 0.3) is 0 Å². The highest BCUT2D eigenvalue weighted by molar-refractivity contribution is 7.89. The van der Waals surface area contributed by atoms with Gasteiger partial charge >= 0.3 is 5.97 Å². The van der Waals surface area contributed by atoms with Crippen LogP contribution in [0.2, 0.25) is 0 Å². The second-order valence-corrected chi connectivity index (χ2v) is 10.4. The van der Waals surface area contributed by atoms with Crippen molar-refractivity contribution in [3.05, 3.63) is 46.0 Å². The lowest BCUT2D eigenvalue weighted by atomic mass is 10.2. The summed E-state index contributed by atoms with van der Waals surface area (Å²) in [6.07, 6.45) is 0.805. The molecule has 1 aromatic carbocycles. The second-order valence-electron chi connectivity index (χ2n) is 7.85. The van der Waals surface area contributed by atoms with E-state index in [1.807, 2.05) is 0 Å². The number of nitrogens with one attached hydrogen (secondary N) is 2. The minimum Gasteiger partial charge on any atom is -0.462 e. The van der Waals surface area contributed by atoms with Crippen molar-refractivity contribution in [2.45, 2.75) is 38.6 Å². The number of nitrogens with two attached hydrogens (primary N) is 1. The molecule has 4 rings (SSSR count). The highest BCUT2D eigenvalue weighted by Gasteiger charge is 2.25. The van der Waals surface area contributed by atoms with Gasteiger partial charge in [0, 0.05) is 25.2 Å². The second kappa shape index (κ2) is 10.1. The minimum absolute atomic E-state index is 0.0650. The van der Waals surface area contributed by atoms with Crippen LogP contribution in [0.1, 0.15) is 40.3 Å². The Morgan fingerprint density at radius 3 is 2.60 bits per heavy atom. The fraction of sp³-hybridized carbons (Fsp3) is 0.364. The van der Waals surface area contributed by atoms with E-state index in [1.165, 1.54) is 23.5 Å². The van der Waals surface area contributed by atoms with Crippen molar-refractivity contribution in [2.75, 3.05) is 35.2 Å². The number of carbonyl (C=O) groups excluding carboxylic acids is 1. The molecule has 0 spiro atoms. The number of aromatic nitrogens is 3. The quantitative estimate of drug-likeness (QED) is 0.361. The van der Waals surface area contributed by atoms with Crippen LogP contribution < -0.4 is 20.7 Å². The van der Waals surface area contributed by atoms with E-state index in [4.69, 9.17) is 14.9 Å². The summed E-state index contributed by atoms with van der Waals surface area (Å²) in [4.78, 5) is 28.6. The highest BCUT2D eigenvalue weighted by Crippen LogP contribution is 2.34. The third-order valence-electron chi connectivity index (χ3n) is 5.49. The van der Waals surface area contributed by atoms with E-state index in [2.05, 4.69) is 32.4 Å². The normalized spacial score (nSPS) is 13.0. The monoisotopic (exact) mass is 517 g/mol. The maximum atomic E-state index is 12.1. The number of likely N-dealkylation sites (N-methyl/N-ethyl adjacent to an activating group) is 1. The van der Waals surface area contributed by atoms with Crippen LogP contribution in [-0.4, -0.2) is 49.0 Å². The van der Waals surface area contributed by atoms with Gasteiger partial charge in [-0.25, -0.2) is 23.3 Å². The summed E-state index contributed by atoms with van der Waals surface area (Å²) in [5.41, 5.74) is 2.47. The Labute approximate surface area is 207 Å². The molecule has 1 aliphatic heterocycles. The van der Waals surface area contributed by atoms with Crippen molar-refractivity contribution in [3.63, 3.8) is 0 Å². The molecule has 3 aromatic rings. The van der Waals surface area contributed by atoms with Crippen LogP contribution in [0.5, 0.6) is 0 Å². The third kappa shape index (κ3) is 5.52. The number of hydrogen-bond donors (Lipinski definition) is 3. The first kappa shape index (κ1) is 24.8. The molecule has 11 nitrogen and oxygen atoms in total. The number of carbonyl (C=O) groups is 1. The lowest BCUT2D eigenvalue weighted by molar-refractivity contribution is 0.0531. The zero-order valence-corrected chi connectivity index (χ0v) is 21.3. The van der Waals surface area contributed by atoms with Crippen LogP contribution in [0.15, 0.2) is 29.2 Å². The van der Waals surface area contributed by atoms with Crippen LogP contribution in [-0.2, 0) is 27.7 Å². The standard InChI is InChI=1S/C22H27N7O4S2/c1-4-29-11-10-16-18(24-12-14-6-8-15(9-7-14)35(23,31)32)26-21(27-19(16)29)28-22-25-13(3)17(34-22)20(30)33-5-2/h6-9H,4-5,10-12H2,1-3H3,(H2,23,31,32)(H2,24,25,26,27,28). The fourth-order valence-electron chi connectivity index (χ4n) is 3.74. The number of hydrogen-bond acceptors (Lipinski definition) is 11. The van der Waals surface area contributed by atoms with Crippen LogP contribution in [0.4, 0.5) is 22.7 Å². The molecule has 0 aliphatic carbocycles. The molecule has 4 N–H and O–H groups in total. The molecular formula is C22H27N7O4S2. The number of benzene rings is 1. The highest BCUT2D eigenvalue weighted by atomic mass is 32.2.